The molecule has 1 saturated carbocycles. The zero-order valence-electron chi connectivity index (χ0n) is 17.1. The van der Waals surface area contributed by atoms with Gasteiger partial charge in [0.05, 0.1) is 12.9 Å². The van der Waals surface area contributed by atoms with E-state index < -0.39 is 0 Å². The van der Waals surface area contributed by atoms with Crippen molar-refractivity contribution in [3.05, 3.63) is 71.3 Å². The van der Waals surface area contributed by atoms with E-state index in [1.807, 2.05) is 35.2 Å². The molecule has 1 fully saturated rings. The fourth-order valence-electron chi connectivity index (χ4n) is 3.09. The molecule has 1 aliphatic rings. The third kappa shape index (κ3) is 5.95. The third-order valence-electron chi connectivity index (χ3n) is 4.93. The van der Waals surface area contributed by atoms with Crippen LogP contribution in [0.3, 0.4) is 0 Å². The number of rotatable bonds is 9. The predicted octanol–water partition coefficient (Wildman–Crippen LogP) is 4.41. The minimum Gasteiger partial charge on any atom is -0.497 e. The molecule has 6 nitrogen and oxygen atoms in total. The van der Waals surface area contributed by atoms with E-state index >= 15 is 0 Å². The van der Waals surface area contributed by atoms with Crippen LogP contribution in [-0.4, -0.2) is 44.9 Å². The molecule has 4 rings (SSSR count). The molecule has 1 N–H and O–H groups in total. The monoisotopic (exact) mass is 438 g/mol. The van der Waals surface area contributed by atoms with Crippen molar-refractivity contribution in [1.29, 1.82) is 0 Å². The number of nitrogens with one attached hydrogen (secondary N) is 1. The van der Waals surface area contributed by atoms with Crippen LogP contribution in [0.4, 0.5) is 4.39 Å². The predicted molar refractivity (Wildman–Crippen MR) is 119 cm³/mol. The number of thioether (sulfide) groups is 1. The fraction of sp³-hybridized carbons (Fsp3) is 0.261. The van der Waals surface area contributed by atoms with E-state index in [0.717, 1.165) is 29.7 Å². The van der Waals surface area contributed by atoms with Crippen molar-refractivity contribution in [2.24, 2.45) is 0 Å². The summed E-state index contributed by atoms with van der Waals surface area (Å²) in [7, 11) is 1.64. The summed E-state index contributed by atoms with van der Waals surface area (Å²) < 4.78 is 18.2. The number of hydrogen-bond acceptors (Lipinski definition) is 5. The maximum absolute atomic E-state index is 13.0. The standard InChI is InChI=1S/C23H23FN4O2S/c1-30-20-11-4-17(5-12-20)14-28(19-9-10-19)22(29)15-31-23-25-21(26-27-23)13-6-16-2-7-18(24)8-3-16/h2-8,11-13,19H,9-10,14-15H2,1H3,(H,25,26,27)/b13-6-. The lowest BCUT2D eigenvalue weighted by Crippen LogP contribution is -2.34. The molecule has 1 amide bonds. The molecular weight excluding hydrogens is 415 g/mol. The van der Waals surface area contributed by atoms with Crippen LogP contribution in [0.1, 0.15) is 29.8 Å². The summed E-state index contributed by atoms with van der Waals surface area (Å²) in [6.45, 7) is 0.591. The van der Waals surface area contributed by atoms with Crippen LogP contribution in [-0.2, 0) is 11.3 Å². The summed E-state index contributed by atoms with van der Waals surface area (Å²) in [5.41, 5.74) is 1.94. The van der Waals surface area contributed by atoms with Gasteiger partial charge in [0, 0.05) is 12.6 Å². The number of amides is 1. The molecule has 0 unspecified atom stereocenters. The number of carbonyl (C=O) groups excluding carboxylic acids is 1. The minimum absolute atomic E-state index is 0.0801. The van der Waals surface area contributed by atoms with Crippen molar-refractivity contribution < 1.29 is 13.9 Å². The first kappa shape index (κ1) is 21.1. The zero-order valence-corrected chi connectivity index (χ0v) is 17.9. The van der Waals surface area contributed by atoms with Crippen molar-refractivity contribution >= 4 is 29.8 Å². The molecule has 0 spiro atoms. The summed E-state index contributed by atoms with van der Waals surface area (Å²) in [5, 5.41) is 7.54. The number of ether oxygens (including phenoxy) is 1. The Balaban J connectivity index is 1.32. The molecule has 3 aromatic rings. The highest BCUT2D eigenvalue weighted by Crippen LogP contribution is 2.30. The van der Waals surface area contributed by atoms with Crippen LogP contribution < -0.4 is 4.74 Å². The number of methoxy groups -OCH3 is 1. The SMILES string of the molecule is COc1ccc(CN(C(=O)CSc2n[nH]c(/C=C\c3ccc(F)cc3)n2)C2CC2)cc1. The summed E-state index contributed by atoms with van der Waals surface area (Å²) in [5.74, 6) is 1.48. The molecule has 0 saturated heterocycles. The van der Waals surface area contributed by atoms with Gasteiger partial charge in [-0.15, -0.1) is 5.10 Å². The van der Waals surface area contributed by atoms with E-state index in [2.05, 4.69) is 15.2 Å². The number of benzene rings is 2. The van der Waals surface area contributed by atoms with Gasteiger partial charge >= 0.3 is 0 Å². The average molecular weight is 439 g/mol. The lowest BCUT2D eigenvalue weighted by Gasteiger charge is -2.22. The van der Waals surface area contributed by atoms with Crippen LogP contribution in [0, 0.1) is 5.82 Å². The number of carbonyl (C=O) groups is 1. The Hall–Kier alpha value is -3.13. The van der Waals surface area contributed by atoms with E-state index in [9.17, 15) is 9.18 Å². The highest BCUT2D eigenvalue weighted by Gasteiger charge is 2.32. The molecule has 1 aromatic heterocycles. The van der Waals surface area contributed by atoms with Gasteiger partial charge in [0.1, 0.15) is 17.4 Å². The average Bonchev–Trinajstić information content (AvgIpc) is 3.54. The molecule has 1 aliphatic carbocycles. The van der Waals surface area contributed by atoms with Crippen molar-refractivity contribution in [2.45, 2.75) is 30.6 Å². The molecule has 160 valence electrons. The van der Waals surface area contributed by atoms with Gasteiger partial charge in [-0.2, -0.15) is 0 Å². The number of nitrogens with zero attached hydrogens (tertiary/aromatic N) is 3. The smallest absolute Gasteiger partial charge is 0.233 e. The normalized spacial score (nSPS) is 13.5. The molecule has 0 aliphatic heterocycles. The molecule has 0 atom stereocenters. The van der Waals surface area contributed by atoms with Gasteiger partial charge in [0.25, 0.3) is 0 Å². The van der Waals surface area contributed by atoms with Gasteiger partial charge in [0.2, 0.25) is 11.1 Å². The van der Waals surface area contributed by atoms with Crippen molar-refractivity contribution in [3.8, 4) is 5.75 Å². The number of hydrogen-bond donors (Lipinski definition) is 1. The van der Waals surface area contributed by atoms with E-state index in [4.69, 9.17) is 4.74 Å². The Labute approximate surface area is 184 Å². The van der Waals surface area contributed by atoms with Gasteiger partial charge in [-0.1, -0.05) is 42.1 Å². The number of aromatic amines is 1. The Bertz CT molecular complexity index is 1050. The minimum atomic E-state index is -0.271. The van der Waals surface area contributed by atoms with Gasteiger partial charge in [-0.05, 0) is 54.3 Å². The Morgan fingerprint density at radius 2 is 1.94 bits per heavy atom. The lowest BCUT2D eigenvalue weighted by molar-refractivity contribution is -0.129. The van der Waals surface area contributed by atoms with Crippen LogP contribution in [0.2, 0.25) is 0 Å². The van der Waals surface area contributed by atoms with E-state index in [0.29, 0.717) is 23.6 Å². The molecule has 2 aromatic carbocycles. The maximum atomic E-state index is 13.0. The molecule has 8 heteroatoms. The van der Waals surface area contributed by atoms with Gasteiger partial charge in [-0.3, -0.25) is 9.89 Å². The number of aromatic nitrogens is 3. The molecule has 0 bridgehead atoms. The fourth-order valence-corrected chi connectivity index (χ4v) is 3.78. The van der Waals surface area contributed by atoms with Crippen LogP contribution in [0.15, 0.2) is 53.7 Å². The second-order valence-electron chi connectivity index (χ2n) is 7.28. The quantitative estimate of drug-likeness (QED) is 0.501. The topological polar surface area (TPSA) is 71.1 Å². The van der Waals surface area contributed by atoms with Gasteiger partial charge < -0.3 is 9.64 Å². The summed E-state index contributed by atoms with van der Waals surface area (Å²) in [6.07, 6.45) is 5.69. The number of halogens is 1. The van der Waals surface area contributed by atoms with E-state index in [1.54, 1.807) is 25.3 Å². The van der Waals surface area contributed by atoms with Crippen LogP contribution >= 0.6 is 11.8 Å². The first-order chi connectivity index (χ1) is 15.1. The molecule has 0 radical (unpaired) electrons. The molecule has 31 heavy (non-hydrogen) atoms. The summed E-state index contributed by atoms with van der Waals surface area (Å²) in [6, 6.07) is 14.3. The van der Waals surface area contributed by atoms with Crippen LogP contribution in [0.5, 0.6) is 5.75 Å². The zero-order chi connectivity index (χ0) is 21.6. The van der Waals surface area contributed by atoms with Gasteiger partial charge in [0.15, 0.2) is 0 Å². The van der Waals surface area contributed by atoms with Crippen LogP contribution in [0.25, 0.3) is 12.2 Å². The highest BCUT2D eigenvalue weighted by molar-refractivity contribution is 7.99. The van der Waals surface area contributed by atoms with E-state index in [1.165, 1.54) is 23.9 Å². The maximum Gasteiger partial charge on any atom is 0.233 e. The van der Waals surface area contributed by atoms with Crippen molar-refractivity contribution in [1.82, 2.24) is 20.1 Å². The largest absolute Gasteiger partial charge is 0.497 e. The Kier molecular flexibility index (Phi) is 6.66. The Morgan fingerprint density at radius 1 is 1.19 bits per heavy atom. The van der Waals surface area contributed by atoms with Gasteiger partial charge in [-0.25, -0.2) is 9.37 Å². The lowest BCUT2D eigenvalue weighted by atomic mass is 10.2. The highest BCUT2D eigenvalue weighted by atomic mass is 32.2. The second-order valence-corrected chi connectivity index (χ2v) is 8.22. The Morgan fingerprint density at radius 3 is 2.61 bits per heavy atom. The summed E-state index contributed by atoms with van der Waals surface area (Å²) >= 11 is 1.31. The molecule has 1 heterocycles. The van der Waals surface area contributed by atoms with Crippen molar-refractivity contribution in [2.75, 3.05) is 12.9 Å². The summed E-state index contributed by atoms with van der Waals surface area (Å²) in [4.78, 5) is 19.2. The number of H-pyrrole nitrogens is 1. The second kappa shape index (κ2) is 9.78. The first-order valence-electron chi connectivity index (χ1n) is 10.0. The first-order valence-corrected chi connectivity index (χ1v) is 11.0. The van der Waals surface area contributed by atoms with Crippen molar-refractivity contribution in [3.63, 3.8) is 0 Å². The van der Waals surface area contributed by atoms with E-state index in [-0.39, 0.29) is 17.5 Å². The molecular formula is C23H23FN4O2S. The third-order valence-corrected chi connectivity index (χ3v) is 5.76.